The molecule has 2 N–H and O–H groups in total. The van der Waals surface area contributed by atoms with E-state index in [2.05, 4.69) is 0 Å². The molecule has 1 aromatic rings. The molecule has 2 atom stereocenters. The molecule has 1 aliphatic rings. The largest absolute Gasteiger partial charge is 0.491 e. The zero-order valence-corrected chi connectivity index (χ0v) is 13.9. The summed E-state index contributed by atoms with van der Waals surface area (Å²) in [7, 11) is -1.85. The fourth-order valence-corrected chi connectivity index (χ4v) is 4.01. The first-order chi connectivity index (χ1) is 10.4. The minimum absolute atomic E-state index is 0.0109. The SMILES string of the molecule is COCCOc1ccc(S(=O)(=O)N2CCC(C(C)N)C2)cc1. The molecule has 1 aromatic carbocycles. The van der Waals surface area contributed by atoms with Gasteiger partial charge in [-0.15, -0.1) is 0 Å². The van der Waals surface area contributed by atoms with Gasteiger partial charge in [-0.05, 0) is 43.5 Å². The fourth-order valence-electron chi connectivity index (χ4n) is 2.50. The van der Waals surface area contributed by atoms with Crippen LogP contribution in [0.25, 0.3) is 0 Å². The van der Waals surface area contributed by atoms with Crippen molar-refractivity contribution < 1.29 is 17.9 Å². The summed E-state index contributed by atoms with van der Waals surface area (Å²) in [4.78, 5) is 0.289. The summed E-state index contributed by atoms with van der Waals surface area (Å²) < 4.78 is 37.1. The van der Waals surface area contributed by atoms with Crippen LogP contribution in [0.2, 0.25) is 0 Å². The molecule has 22 heavy (non-hydrogen) atoms. The molecule has 7 heteroatoms. The van der Waals surface area contributed by atoms with Gasteiger partial charge in [-0.2, -0.15) is 4.31 Å². The van der Waals surface area contributed by atoms with Gasteiger partial charge in [0.25, 0.3) is 0 Å². The average molecular weight is 328 g/mol. The van der Waals surface area contributed by atoms with E-state index in [0.717, 1.165) is 6.42 Å². The molecule has 1 aliphatic heterocycles. The molecule has 1 saturated heterocycles. The predicted octanol–water partition coefficient (Wildman–Crippen LogP) is 1.07. The maximum Gasteiger partial charge on any atom is 0.243 e. The van der Waals surface area contributed by atoms with Crippen molar-refractivity contribution in [1.82, 2.24) is 4.31 Å². The Bertz CT molecular complexity index is 572. The minimum atomic E-state index is -3.45. The topological polar surface area (TPSA) is 81.9 Å². The van der Waals surface area contributed by atoms with Crippen molar-refractivity contribution in [3.63, 3.8) is 0 Å². The number of hydrogen-bond acceptors (Lipinski definition) is 5. The Morgan fingerprint density at radius 3 is 2.55 bits per heavy atom. The van der Waals surface area contributed by atoms with Crippen LogP contribution < -0.4 is 10.5 Å². The monoisotopic (exact) mass is 328 g/mol. The quantitative estimate of drug-likeness (QED) is 0.757. The molecule has 0 spiro atoms. The highest BCUT2D eigenvalue weighted by molar-refractivity contribution is 7.89. The van der Waals surface area contributed by atoms with Gasteiger partial charge in [-0.25, -0.2) is 8.42 Å². The van der Waals surface area contributed by atoms with Gasteiger partial charge >= 0.3 is 0 Å². The Kier molecular flexibility index (Phi) is 5.80. The molecule has 2 unspecified atom stereocenters. The molecule has 124 valence electrons. The van der Waals surface area contributed by atoms with E-state index >= 15 is 0 Å². The van der Waals surface area contributed by atoms with E-state index in [4.69, 9.17) is 15.2 Å². The number of hydrogen-bond donors (Lipinski definition) is 1. The van der Waals surface area contributed by atoms with Gasteiger partial charge in [0.05, 0.1) is 11.5 Å². The van der Waals surface area contributed by atoms with Crippen molar-refractivity contribution in [3.05, 3.63) is 24.3 Å². The van der Waals surface area contributed by atoms with Crippen molar-refractivity contribution in [2.24, 2.45) is 11.7 Å². The first kappa shape index (κ1) is 17.2. The normalized spacial score (nSPS) is 21.0. The Hall–Kier alpha value is -1.15. The van der Waals surface area contributed by atoms with Crippen LogP contribution in [0, 0.1) is 5.92 Å². The van der Waals surface area contributed by atoms with Gasteiger partial charge in [-0.3, -0.25) is 0 Å². The zero-order valence-electron chi connectivity index (χ0n) is 13.1. The maximum absolute atomic E-state index is 12.6. The Balaban J connectivity index is 2.04. The Morgan fingerprint density at radius 1 is 1.32 bits per heavy atom. The van der Waals surface area contributed by atoms with Crippen molar-refractivity contribution >= 4 is 10.0 Å². The summed E-state index contributed by atoms with van der Waals surface area (Å²) in [5, 5.41) is 0. The van der Waals surface area contributed by atoms with E-state index in [-0.39, 0.29) is 16.9 Å². The molecule has 0 radical (unpaired) electrons. The third-order valence-corrected chi connectivity index (χ3v) is 5.83. The lowest BCUT2D eigenvalue weighted by Gasteiger charge is -2.18. The van der Waals surface area contributed by atoms with Gasteiger partial charge in [-0.1, -0.05) is 0 Å². The van der Waals surface area contributed by atoms with Gasteiger partial charge in [0.15, 0.2) is 0 Å². The molecule has 1 heterocycles. The highest BCUT2D eigenvalue weighted by Gasteiger charge is 2.33. The molecular formula is C15H24N2O4S. The van der Waals surface area contributed by atoms with Crippen LogP contribution in [0.3, 0.4) is 0 Å². The number of benzene rings is 1. The zero-order chi connectivity index (χ0) is 16.2. The third-order valence-electron chi connectivity index (χ3n) is 3.95. The first-order valence-electron chi connectivity index (χ1n) is 7.42. The van der Waals surface area contributed by atoms with Crippen molar-refractivity contribution in [1.29, 1.82) is 0 Å². The summed E-state index contributed by atoms with van der Waals surface area (Å²) >= 11 is 0. The first-order valence-corrected chi connectivity index (χ1v) is 8.86. The van der Waals surface area contributed by atoms with Gasteiger partial charge < -0.3 is 15.2 Å². The molecule has 0 amide bonds. The highest BCUT2D eigenvalue weighted by Crippen LogP contribution is 2.26. The molecule has 6 nitrogen and oxygen atoms in total. The summed E-state index contributed by atoms with van der Waals surface area (Å²) in [5.74, 6) is 0.859. The molecular weight excluding hydrogens is 304 g/mol. The van der Waals surface area contributed by atoms with E-state index in [0.29, 0.717) is 32.1 Å². The molecule has 0 aliphatic carbocycles. The van der Waals surface area contributed by atoms with Crippen LogP contribution in [0.5, 0.6) is 5.75 Å². The van der Waals surface area contributed by atoms with Crippen LogP contribution in [-0.2, 0) is 14.8 Å². The second-order valence-electron chi connectivity index (χ2n) is 5.58. The van der Waals surface area contributed by atoms with Gasteiger partial charge in [0.2, 0.25) is 10.0 Å². The van der Waals surface area contributed by atoms with E-state index in [1.54, 1.807) is 31.4 Å². The van der Waals surface area contributed by atoms with E-state index in [1.165, 1.54) is 4.31 Å². The van der Waals surface area contributed by atoms with Crippen LogP contribution in [0.1, 0.15) is 13.3 Å². The number of sulfonamides is 1. The highest BCUT2D eigenvalue weighted by atomic mass is 32.2. The van der Waals surface area contributed by atoms with E-state index < -0.39 is 10.0 Å². The smallest absolute Gasteiger partial charge is 0.243 e. The Morgan fingerprint density at radius 2 is 2.00 bits per heavy atom. The molecule has 0 saturated carbocycles. The number of rotatable bonds is 7. The lowest BCUT2D eigenvalue weighted by atomic mass is 10.0. The maximum atomic E-state index is 12.6. The van der Waals surface area contributed by atoms with Crippen LogP contribution in [0.4, 0.5) is 0 Å². The lowest BCUT2D eigenvalue weighted by Crippen LogP contribution is -2.33. The van der Waals surface area contributed by atoms with Crippen molar-refractivity contribution in [3.8, 4) is 5.75 Å². The minimum Gasteiger partial charge on any atom is -0.491 e. The summed E-state index contributed by atoms with van der Waals surface area (Å²) in [6, 6.07) is 6.51. The third kappa shape index (κ3) is 3.98. The fraction of sp³-hybridized carbons (Fsp3) is 0.600. The second kappa shape index (κ2) is 7.41. The standard InChI is InChI=1S/C15H24N2O4S/c1-12(16)13-7-8-17(11-13)22(18,19)15-5-3-14(4-6-15)21-10-9-20-2/h3-6,12-13H,7-11,16H2,1-2H3. The van der Waals surface area contributed by atoms with E-state index in [1.807, 2.05) is 6.92 Å². The number of nitrogens with zero attached hydrogens (tertiary/aromatic N) is 1. The van der Waals surface area contributed by atoms with Gasteiger partial charge in [0.1, 0.15) is 12.4 Å². The van der Waals surface area contributed by atoms with E-state index in [9.17, 15) is 8.42 Å². The van der Waals surface area contributed by atoms with Crippen LogP contribution in [-0.4, -0.2) is 52.2 Å². The second-order valence-corrected chi connectivity index (χ2v) is 7.52. The average Bonchev–Trinajstić information content (AvgIpc) is 2.99. The van der Waals surface area contributed by atoms with Crippen molar-refractivity contribution in [2.75, 3.05) is 33.4 Å². The van der Waals surface area contributed by atoms with Gasteiger partial charge in [0, 0.05) is 26.2 Å². The van der Waals surface area contributed by atoms with Crippen molar-refractivity contribution in [2.45, 2.75) is 24.3 Å². The summed E-state index contributed by atoms with van der Waals surface area (Å²) in [6.45, 7) is 3.87. The Labute approximate surface area is 132 Å². The molecule has 0 bridgehead atoms. The molecule has 0 aromatic heterocycles. The van der Waals surface area contributed by atoms with Crippen LogP contribution in [0.15, 0.2) is 29.2 Å². The predicted molar refractivity (Wildman–Crippen MR) is 84.3 cm³/mol. The van der Waals surface area contributed by atoms with Crippen LogP contribution >= 0.6 is 0 Å². The molecule has 2 rings (SSSR count). The summed E-state index contributed by atoms with van der Waals surface area (Å²) in [5.41, 5.74) is 5.87. The number of nitrogens with two attached hydrogens (primary N) is 1. The molecule has 1 fully saturated rings. The number of methoxy groups -OCH3 is 1. The lowest BCUT2D eigenvalue weighted by molar-refractivity contribution is 0.146. The number of ether oxygens (including phenoxy) is 2. The summed E-state index contributed by atoms with van der Waals surface area (Å²) in [6.07, 6.45) is 0.815.